The van der Waals surface area contributed by atoms with Gasteiger partial charge in [0.2, 0.25) is 5.78 Å². The summed E-state index contributed by atoms with van der Waals surface area (Å²) in [6, 6.07) is 13.9. The summed E-state index contributed by atoms with van der Waals surface area (Å²) in [4.78, 5) is 12.4. The SMILES string of the molecule is COc1cccc(C(=O)/C(C#N)=C\c2ccc(OC(F)F)cc2)c1. The summed E-state index contributed by atoms with van der Waals surface area (Å²) in [5.41, 5.74) is 0.759. The van der Waals surface area contributed by atoms with Gasteiger partial charge in [0.25, 0.3) is 0 Å². The first-order valence-corrected chi connectivity index (χ1v) is 6.89. The fourth-order valence-corrected chi connectivity index (χ4v) is 1.98. The summed E-state index contributed by atoms with van der Waals surface area (Å²) in [5, 5.41) is 9.22. The van der Waals surface area contributed by atoms with Crippen molar-refractivity contribution in [2.24, 2.45) is 0 Å². The van der Waals surface area contributed by atoms with Gasteiger partial charge in [-0.15, -0.1) is 0 Å². The van der Waals surface area contributed by atoms with E-state index in [1.807, 2.05) is 6.07 Å². The predicted molar refractivity (Wildman–Crippen MR) is 84.0 cm³/mol. The zero-order chi connectivity index (χ0) is 17.5. The molecule has 0 heterocycles. The van der Waals surface area contributed by atoms with Gasteiger partial charge in [0.15, 0.2) is 0 Å². The van der Waals surface area contributed by atoms with Crippen molar-refractivity contribution in [3.63, 3.8) is 0 Å². The van der Waals surface area contributed by atoms with E-state index in [0.29, 0.717) is 16.9 Å². The maximum atomic E-state index is 12.4. The van der Waals surface area contributed by atoms with Gasteiger partial charge in [-0.3, -0.25) is 4.79 Å². The fourth-order valence-electron chi connectivity index (χ4n) is 1.98. The van der Waals surface area contributed by atoms with Crippen molar-refractivity contribution in [3.05, 3.63) is 65.2 Å². The highest BCUT2D eigenvalue weighted by molar-refractivity contribution is 6.14. The lowest BCUT2D eigenvalue weighted by Gasteiger charge is -2.05. The van der Waals surface area contributed by atoms with Gasteiger partial charge in [-0.05, 0) is 35.9 Å². The lowest BCUT2D eigenvalue weighted by atomic mass is 10.0. The van der Waals surface area contributed by atoms with Crippen LogP contribution in [0.5, 0.6) is 11.5 Å². The number of Topliss-reactive ketones (excluding diaryl/α,β-unsaturated/α-hetero) is 1. The molecule has 4 nitrogen and oxygen atoms in total. The number of carbonyl (C=O) groups is 1. The molecule has 0 unspecified atom stereocenters. The van der Waals surface area contributed by atoms with Crippen LogP contribution in [0.25, 0.3) is 6.08 Å². The second kappa shape index (κ2) is 7.88. The van der Waals surface area contributed by atoms with E-state index in [1.165, 1.54) is 43.5 Å². The summed E-state index contributed by atoms with van der Waals surface area (Å²) in [6.45, 7) is -2.91. The van der Waals surface area contributed by atoms with Crippen LogP contribution in [0.15, 0.2) is 54.1 Å². The van der Waals surface area contributed by atoms with Crippen LogP contribution >= 0.6 is 0 Å². The van der Waals surface area contributed by atoms with E-state index in [4.69, 9.17) is 4.74 Å². The Morgan fingerprint density at radius 1 is 1.17 bits per heavy atom. The molecule has 0 bridgehead atoms. The summed E-state index contributed by atoms with van der Waals surface area (Å²) in [6.07, 6.45) is 1.38. The second-order valence-electron chi connectivity index (χ2n) is 4.68. The summed E-state index contributed by atoms with van der Waals surface area (Å²) >= 11 is 0. The molecule has 0 amide bonds. The molecular weight excluding hydrogens is 316 g/mol. The molecular formula is C18H13F2NO3. The van der Waals surface area contributed by atoms with Gasteiger partial charge in [-0.25, -0.2) is 0 Å². The van der Waals surface area contributed by atoms with E-state index in [0.717, 1.165) is 0 Å². The molecule has 0 aliphatic heterocycles. The van der Waals surface area contributed by atoms with Gasteiger partial charge in [-0.1, -0.05) is 24.3 Å². The molecule has 0 saturated heterocycles. The summed E-state index contributed by atoms with van der Waals surface area (Å²) < 4.78 is 33.5. The van der Waals surface area contributed by atoms with Gasteiger partial charge in [0.1, 0.15) is 23.1 Å². The lowest BCUT2D eigenvalue weighted by Crippen LogP contribution is -2.02. The van der Waals surface area contributed by atoms with Crippen LogP contribution in [0.3, 0.4) is 0 Å². The molecule has 0 spiro atoms. The average Bonchev–Trinajstić information content (AvgIpc) is 2.60. The number of benzene rings is 2. The predicted octanol–water partition coefficient (Wildman–Crippen LogP) is 4.09. The Morgan fingerprint density at radius 2 is 1.88 bits per heavy atom. The molecule has 6 heteroatoms. The first-order chi connectivity index (χ1) is 11.5. The molecule has 2 rings (SSSR count). The maximum Gasteiger partial charge on any atom is 0.387 e. The molecule has 0 N–H and O–H groups in total. The third-order valence-electron chi connectivity index (χ3n) is 3.11. The number of ketones is 1. The van der Waals surface area contributed by atoms with Crippen LogP contribution in [0, 0.1) is 11.3 Å². The number of ether oxygens (including phenoxy) is 2. The monoisotopic (exact) mass is 329 g/mol. The van der Waals surface area contributed by atoms with Crippen molar-refractivity contribution >= 4 is 11.9 Å². The molecule has 0 atom stereocenters. The first kappa shape index (κ1) is 17.2. The van der Waals surface area contributed by atoms with Gasteiger partial charge in [0, 0.05) is 5.56 Å². The molecule has 0 fully saturated rings. The van der Waals surface area contributed by atoms with E-state index in [9.17, 15) is 18.8 Å². The van der Waals surface area contributed by atoms with Gasteiger partial charge >= 0.3 is 6.61 Å². The van der Waals surface area contributed by atoms with Crippen LogP contribution in [0.1, 0.15) is 15.9 Å². The Morgan fingerprint density at radius 3 is 2.46 bits per heavy atom. The van der Waals surface area contributed by atoms with Gasteiger partial charge in [0.05, 0.1) is 7.11 Å². The summed E-state index contributed by atoms with van der Waals surface area (Å²) in [7, 11) is 1.48. The molecule has 0 aliphatic carbocycles. The van der Waals surface area contributed by atoms with E-state index < -0.39 is 12.4 Å². The van der Waals surface area contributed by atoms with Crippen molar-refractivity contribution in [2.75, 3.05) is 7.11 Å². The van der Waals surface area contributed by atoms with Crippen molar-refractivity contribution in [1.82, 2.24) is 0 Å². The molecule has 0 aromatic heterocycles. The van der Waals surface area contributed by atoms with Crippen LogP contribution in [-0.4, -0.2) is 19.5 Å². The Kier molecular flexibility index (Phi) is 5.63. The Hall–Kier alpha value is -3.20. The third kappa shape index (κ3) is 4.40. The normalized spacial score (nSPS) is 11.0. The largest absolute Gasteiger partial charge is 0.497 e. The molecule has 122 valence electrons. The highest BCUT2D eigenvalue weighted by Crippen LogP contribution is 2.19. The smallest absolute Gasteiger partial charge is 0.387 e. The van der Waals surface area contributed by atoms with Crippen molar-refractivity contribution in [1.29, 1.82) is 5.26 Å². The van der Waals surface area contributed by atoms with Crippen LogP contribution in [-0.2, 0) is 0 Å². The number of methoxy groups -OCH3 is 1. The first-order valence-electron chi connectivity index (χ1n) is 6.89. The van der Waals surface area contributed by atoms with Crippen molar-refractivity contribution < 1.29 is 23.0 Å². The molecule has 24 heavy (non-hydrogen) atoms. The van der Waals surface area contributed by atoms with E-state index in [1.54, 1.807) is 18.2 Å². The van der Waals surface area contributed by atoms with Gasteiger partial charge < -0.3 is 9.47 Å². The molecule has 0 saturated carbocycles. The molecule has 2 aromatic rings. The minimum atomic E-state index is -2.91. The van der Waals surface area contributed by atoms with E-state index in [2.05, 4.69) is 4.74 Å². The number of alkyl halides is 2. The Balaban J connectivity index is 2.25. The highest BCUT2D eigenvalue weighted by atomic mass is 19.3. The van der Waals surface area contributed by atoms with Gasteiger partial charge in [-0.2, -0.15) is 14.0 Å². The molecule has 0 aliphatic rings. The van der Waals surface area contributed by atoms with Crippen LogP contribution in [0.2, 0.25) is 0 Å². The number of carbonyl (C=O) groups excluding carboxylic acids is 1. The topological polar surface area (TPSA) is 59.3 Å². The zero-order valence-corrected chi connectivity index (χ0v) is 12.7. The molecule has 2 aromatic carbocycles. The van der Waals surface area contributed by atoms with Crippen LogP contribution in [0.4, 0.5) is 8.78 Å². The Bertz CT molecular complexity index is 793. The number of nitrogens with zero attached hydrogens (tertiary/aromatic N) is 1. The number of hydrogen-bond acceptors (Lipinski definition) is 4. The number of rotatable bonds is 6. The van der Waals surface area contributed by atoms with Crippen molar-refractivity contribution in [2.45, 2.75) is 6.61 Å². The maximum absolute atomic E-state index is 12.4. The number of nitriles is 1. The number of allylic oxidation sites excluding steroid dienone is 1. The average molecular weight is 329 g/mol. The van der Waals surface area contributed by atoms with E-state index >= 15 is 0 Å². The highest BCUT2D eigenvalue weighted by Gasteiger charge is 2.13. The minimum Gasteiger partial charge on any atom is -0.497 e. The zero-order valence-electron chi connectivity index (χ0n) is 12.7. The number of hydrogen-bond donors (Lipinski definition) is 0. The standard InChI is InChI=1S/C18H13F2NO3/c1-23-16-4-2-3-13(10-16)17(22)14(11-21)9-12-5-7-15(8-6-12)24-18(19)20/h2-10,18H,1H3/b14-9-. The second-order valence-corrected chi connectivity index (χ2v) is 4.68. The third-order valence-corrected chi connectivity index (χ3v) is 3.11. The fraction of sp³-hybridized carbons (Fsp3) is 0.111. The lowest BCUT2D eigenvalue weighted by molar-refractivity contribution is -0.0498. The summed E-state index contributed by atoms with van der Waals surface area (Å²) in [5.74, 6) is 0.0516. The minimum absolute atomic E-state index is 0.000204. The van der Waals surface area contributed by atoms with E-state index in [-0.39, 0.29) is 11.3 Å². The van der Waals surface area contributed by atoms with Crippen molar-refractivity contribution in [3.8, 4) is 17.6 Å². The quantitative estimate of drug-likeness (QED) is 0.455. The Labute approximate surface area is 137 Å². The number of halogens is 2. The molecule has 0 radical (unpaired) electrons. The van der Waals surface area contributed by atoms with Crippen LogP contribution < -0.4 is 9.47 Å².